The molecule has 1 rings (SSSR count). The number of oxime groups is 1. The summed E-state index contributed by atoms with van der Waals surface area (Å²) in [7, 11) is 0. The summed E-state index contributed by atoms with van der Waals surface area (Å²) < 4.78 is 1.09. The van der Waals surface area contributed by atoms with Crippen LogP contribution in [0.25, 0.3) is 0 Å². The van der Waals surface area contributed by atoms with E-state index in [-0.39, 0.29) is 11.8 Å². The topological polar surface area (TPSA) is 70.6 Å². The minimum atomic E-state index is -0.00560. The van der Waals surface area contributed by atoms with Gasteiger partial charge in [0.05, 0.1) is 0 Å². The number of hydrogen-bond donors (Lipinski definition) is 3. The molecule has 0 aromatic heterocycles. The van der Waals surface area contributed by atoms with Gasteiger partial charge in [-0.15, -0.1) is 0 Å². The van der Waals surface area contributed by atoms with Crippen molar-refractivity contribution in [2.24, 2.45) is 16.8 Å². The van der Waals surface area contributed by atoms with E-state index in [2.05, 4.69) is 26.4 Å². The molecule has 1 atom stereocenters. The highest BCUT2D eigenvalue weighted by atomic mass is 79.9. The van der Waals surface area contributed by atoms with Gasteiger partial charge < -0.3 is 16.3 Å². The molecule has 1 aromatic carbocycles. The second-order valence-electron chi connectivity index (χ2n) is 3.77. The van der Waals surface area contributed by atoms with Crippen LogP contribution in [0.2, 0.25) is 0 Å². The smallest absolute Gasteiger partial charge is 0.143 e. The Kier molecular flexibility index (Phi) is 4.61. The normalized spacial score (nSPS) is 13.6. The highest BCUT2D eigenvalue weighted by Crippen LogP contribution is 2.20. The lowest BCUT2D eigenvalue weighted by Gasteiger charge is -2.12. The van der Waals surface area contributed by atoms with E-state index in [1.165, 1.54) is 5.56 Å². The molecule has 0 amide bonds. The van der Waals surface area contributed by atoms with Gasteiger partial charge in [-0.25, -0.2) is 0 Å². The number of benzene rings is 1. The van der Waals surface area contributed by atoms with Crippen LogP contribution in [-0.4, -0.2) is 17.6 Å². The van der Waals surface area contributed by atoms with Crippen LogP contribution >= 0.6 is 15.9 Å². The van der Waals surface area contributed by atoms with Gasteiger partial charge in [-0.05, 0) is 30.7 Å². The second kappa shape index (κ2) is 5.75. The Balaban J connectivity index is 2.58. The van der Waals surface area contributed by atoms with E-state index in [0.29, 0.717) is 6.54 Å². The standard InChI is InChI=1S/C11H16BrN3O/c1-7-5-9(3-4-10(7)12)14-6-8(2)11(13)15-16/h3-5,8,14,16H,6H2,1-2H3,(H2,13,15). The first-order valence-corrected chi connectivity index (χ1v) is 5.81. The third-order valence-electron chi connectivity index (χ3n) is 2.39. The van der Waals surface area contributed by atoms with Crippen molar-refractivity contribution < 1.29 is 5.21 Å². The number of anilines is 1. The molecule has 0 radical (unpaired) electrons. The highest BCUT2D eigenvalue weighted by Gasteiger charge is 2.07. The second-order valence-corrected chi connectivity index (χ2v) is 4.63. The van der Waals surface area contributed by atoms with Crippen LogP contribution in [0.3, 0.4) is 0 Å². The molecule has 4 nitrogen and oxygen atoms in total. The van der Waals surface area contributed by atoms with Crippen LogP contribution in [0.1, 0.15) is 12.5 Å². The molecule has 0 aliphatic carbocycles. The number of hydrogen-bond acceptors (Lipinski definition) is 3. The molecule has 88 valence electrons. The number of aryl methyl sites for hydroxylation is 1. The van der Waals surface area contributed by atoms with Crippen molar-refractivity contribution in [2.75, 3.05) is 11.9 Å². The zero-order chi connectivity index (χ0) is 12.1. The van der Waals surface area contributed by atoms with Gasteiger partial charge >= 0.3 is 0 Å². The van der Waals surface area contributed by atoms with Gasteiger partial charge in [0.1, 0.15) is 5.84 Å². The number of halogens is 1. The lowest BCUT2D eigenvalue weighted by molar-refractivity contribution is 0.315. The Morgan fingerprint density at radius 1 is 1.62 bits per heavy atom. The maximum absolute atomic E-state index is 8.51. The van der Waals surface area contributed by atoms with Crippen molar-refractivity contribution in [3.8, 4) is 0 Å². The predicted octanol–water partition coefficient (Wildman–Crippen LogP) is 2.55. The van der Waals surface area contributed by atoms with Gasteiger partial charge in [0.15, 0.2) is 0 Å². The van der Waals surface area contributed by atoms with E-state index in [1.807, 2.05) is 32.0 Å². The van der Waals surface area contributed by atoms with E-state index in [4.69, 9.17) is 10.9 Å². The monoisotopic (exact) mass is 285 g/mol. The van der Waals surface area contributed by atoms with Crippen LogP contribution in [-0.2, 0) is 0 Å². The van der Waals surface area contributed by atoms with Crippen molar-refractivity contribution >= 4 is 27.5 Å². The summed E-state index contributed by atoms with van der Waals surface area (Å²) in [4.78, 5) is 0. The van der Waals surface area contributed by atoms with Gasteiger partial charge in [0.25, 0.3) is 0 Å². The first kappa shape index (κ1) is 12.8. The van der Waals surface area contributed by atoms with Crippen LogP contribution in [0.4, 0.5) is 5.69 Å². The molecule has 0 heterocycles. The first-order valence-electron chi connectivity index (χ1n) is 5.02. The molecular formula is C11H16BrN3O. The molecule has 0 aliphatic heterocycles. The molecule has 0 saturated carbocycles. The van der Waals surface area contributed by atoms with Gasteiger partial charge in [-0.1, -0.05) is 28.0 Å². The Morgan fingerprint density at radius 2 is 2.31 bits per heavy atom. The SMILES string of the molecule is Cc1cc(NCC(C)C(N)=NO)ccc1Br. The van der Waals surface area contributed by atoms with Gasteiger partial charge in [0, 0.05) is 22.6 Å². The summed E-state index contributed by atoms with van der Waals surface area (Å²) in [6.45, 7) is 4.56. The summed E-state index contributed by atoms with van der Waals surface area (Å²) in [6, 6.07) is 6.02. The summed E-state index contributed by atoms with van der Waals surface area (Å²) in [6.07, 6.45) is 0. The van der Waals surface area contributed by atoms with E-state index < -0.39 is 0 Å². The van der Waals surface area contributed by atoms with Crippen molar-refractivity contribution in [1.82, 2.24) is 0 Å². The summed E-state index contributed by atoms with van der Waals surface area (Å²) in [5.41, 5.74) is 7.68. The number of amidine groups is 1. The number of nitrogens with zero attached hydrogens (tertiary/aromatic N) is 1. The van der Waals surface area contributed by atoms with Crippen molar-refractivity contribution in [3.63, 3.8) is 0 Å². The van der Waals surface area contributed by atoms with Crippen molar-refractivity contribution in [2.45, 2.75) is 13.8 Å². The molecule has 0 fully saturated rings. The molecule has 5 heteroatoms. The Hall–Kier alpha value is -1.23. The molecule has 0 saturated heterocycles. The minimum absolute atomic E-state index is 0.00560. The quantitative estimate of drug-likeness (QED) is 0.345. The van der Waals surface area contributed by atoms with Gasteiger partial charge in [0.2, 0.25) is 0 Å². The fourth-order valence-electron chi connectivity index (χ4n) is 1.23. The fourth-order valence-corrected chi connectivity index (χ4v) is 1.48. The third-order valence-corrected chi connectivity index (χ3v) is 3.28. The highest BCUT2D eigenvalue weighted by molar-refractivity contribution is 9.10. The van der Waals surface area contributed by atoms with Crippen LogP contribution in [0.15, 0.2) is 27.8 Å². The average Bonchev–Trinajstić information content (AvgIpc) is 2.29. The van der Waals surface area contributed by atoms with E-state index in [1.54, 1.807) is 0 Å². The zero-order valence-corrected chi connectivity index (χ0v) is 11.0. The summed E-state index contributed by atoms with van der Waals surface area (Å²) >= 11 is 3.44. The number of nitrogens with two attached hydrogens (primary N) is 1. The molecule has 0 spiro atoms. The van der Waals surface area contributed by atoms with Crippen LogP contribution in [0.5, 0.6) is 0 Å². The third kappa shape index (κ3) is 3.41. The van der Waals surface area contributed by atoms with Crippen LogP contribution in [0, 0.1) is 12.8 Å². The molecular weight excluding hydrogens is 270 g/mol. The average molecular weight is 286 g/mol. The number of nitrogens with one attached hydrogen (secondary N) is 1. The molecule has 0 aliphatic rings. The lowest BCUT2D eigenvalue weighted by atomic mass is 10.1. The minimum Gasteiger partial charge on any atom is -0.409 e. The Morgan fingerprint density at radius 3 is 2.88 bits per heavy atom. The largest absolute Gasteiger partial charge is 0.409 e. The van der Waals surface area contributed by atoms with E-state index >= 15 is 0 Å². The Labute approximate surface area is 104 Å². The summed E-state index contributed by atoms with van der Waals surface area (Å²) in [5, 5.41) is 14.7. The van der Waals surface area contributed by atoms with E-state index in [9.17, 15) is 0 Å². The van der Waals surface area contributed by atoms with Crippen LogP contribution < -0.4 is 11.1 Å². The molecule has 1 aromatic rings. The molecule has 1 unspecified atom stereocenters. The van der Waals surface area contributed by atoms with Gasteiger partial charge in [-0.3, -0.25) is 0 Å². The lowest BCUT2D eigenvalue weighted by Crippen LogP contribution is -2.27. The summed E-state index contributed by atoms with van der Waals surface area (Å²) in [5.74, 6) is 0.232. The zero-order valence-electron chi connectivity index (χ0n) is 9.37. The van der Waals surface area contributed by atoms with Gasteiger partial charge in [-0.2, -0.15) is 0 Å². The Bertz CT molecular complexity index is 393. The van der Waals surface area contributed by atoms with Crippen molar-refractivity contribution in [3.05, 3.63) is 28.2 Å². The molecule has 0 bridgehead atoms. The van der Waals surface area contributed by atoms with Crippen molar-refractivity contribution in [1.29, 1.82) is 0 Å². The maximum Gasteiger partial charge on any atom is 0.143 e. The molecule has 4 N–H and O–H groups in total. The predicted molar refractivity (Wildman–Crippen MR) is 69.9 cm³/mol. The number of rotatable bonds is 4. The van der Waals surface area contributed by atoms with E-state index in [0.717, 1.165) is 10.2 Å². The first-order chi connectivity index (χ1) is 7.54. The maximum atomic E-state index is 8.51. The fraction of sp³-hybridized carbons (Fsp3) is 0.364. The molecule has 16 heavy (non-hydrogen) atoms.